The van der Waals surface area contributed by atoms with Crippen LogP contribution in [0, 0.1) is 0 Å². The van der Waals surface area contributed by atoms with Crippen LogP contribution in [-0.4, -0.2) is 28.2 Å². The number of allylic oxidation sites excluding steroid dienone is 2. The first-order chi connectivity index (χ1) is 12.4. The molecule has 0 heterocycles. The van der Waals surface area contributed by atoms with Crippen molar-refractivity contribution in [3.63, 3.8) is 0 Å². The zero-order valence-electron chi connectivity index (χ0n) is 16.9. The summed E-state index contributed by atoms with van der Waals surface area (Å²) in [4.78, 5) is 20.0. The number of hydrogen-bond acceptors (Lipinski definition) is 3. The summed E-state index contributed by atoms with van der Waals surface area (Å²) in [5.41, 5.74) is 5.10. The fraction of sp³-hybridized carbons (Fsp3) is 0.810. The molecular formula is C21H41NO4. The van der Waals surface area contributed by atoms with Crippen LogP contribution in [0.4, 0.5) is 0 Å². The molecule has 0 aliphatic carbocycles. The monoisotopic (exact) mass is 371 g/mol. The van der Waals surface area contributed by atoms with Crippen LogP contribution in [0.2, 0.25) is 0 Å². The van der Waals surface area contributed by atoms with E-state index >= 15 is 0 Å². The summed E-state index contributed by atoms with van der Waals surface area (Å²) in [6.07, 6.45) is 20.7. The number of unbranched alkanes of at least 4 members (excludes halogenated alkanes) is 11. The summed E-state index contributed by atoms with van der Waals surface area (Å²) < 4.78 is 0. The molecule has 0 rings (SSSR count). The Morgan fingerprint density at radius 3 is 1.62 bits per heavy atom. The van der Waals surface area contributed by atoms with Crippen molar-refractivity contribution in [1.29, 1.82) is 0 Å². The number of primary amides is 1. The van der Waals surface area contributed by atoms with E-state index in [1.165, 1.54) is 77.6 Å². The van der Waals surface area contributed by atoms with Gasteiger partial charge in [0, 0.05) is 6.42 Å². The zero-order chi connectivity index (χ0) is 20.0. The fourth-order valence-corrected chi connectivity index (χ4v) is 2.37. The van der Waals surface area contributed by atoms with Crippen LogP contribution in [0.15, 0.2) is 12.2 Å². The van der Waals surface area contributed by atoms with Crippen LogP contribution in [0.25, 0.3) is 0 Å². The van der Waals surface area contributed by atoms with Gasteiger partial charge >= 0.3 is 5.97 Å². The molecule has 0 saturated carbocycles. The normalized spacial score (nSPS) is 11.8. The lowest BCUT2D eigenvalue weighted by Crippen LogP contribution is -2.13. The molecule has 0 radical (unpaired) electrons. The smallest absolute Gasteiger partial charge is 0.332 e. The van der Waals surface area contributed by atoms with Crippen molar-refractivity contribution in [2.24, 2.45) is 5.73 Å². The van der Waals surface area contributed by atoms with E-state index in [9.17, 15) is 9.59 Å². The molecule has 4 N–H and O–H groups in total. The highest BCUT2D eigenvalue weighted by molar-refractivity contribution is 5.73. The molecule has 0 bridgehead atoms. The van der Waals surface area contributed by atoms with Gasteiger partial charge in [0.15, 0.2) is 0 Å². The summed E-state index contributed by atoms with van der Waals surface area (Å²) in [7, 11) is 0. The van der Waals surface area contributed by atoms with Crippen LogP contribution in [-0.2, 0) is 9.59 Å². The molecule has 0 aromatic carbocycles. The molecule has 1 amide bonds. The van der Waals surface area contributed by atoms with E-state index in [1.54, 1.807) is 0 Å². The second kappa shape index (κ2) is 21.7. The van der Waals surface area contributed by atoms with Crippen molar-refractivity contribution < 1.29 is 19.8 Å². The molecule has 0 saturated heterocycles. The van der Waals surface area contributed by atoms with E-state index in [-0.39, 0.29) is 5.91 Å². The molecule has 0 fully saturated rings. The number of aliphatic hydroxyl groups excluding tert-OH is 1. The Kier molecular flexibility index (Phi) is 22.4. The van der Waals surface area contributed by atoms with Gasteiger partial charge in [0.2, 0.25) is 5.91 Å². The van der Waals surface area contributed by atoms with Crippen LogP contribution in [0.1, 0.15) is 104 Å². The Bertz CT molecular complexity index is 354. The van der Waals surface area contributed by atoms with Crippen molar-refractivity contribution in [2.75, 3.05) is 0 Å². The van der Waals surface area contributed by atoms with Gasteiger partial charge in [0.1, 0.15) is 6.10 Å². The minimum atomic E-state index is -1.23. The number of carboxylic acid groups (broad SMARTS) is 1. The van der Waals surface area contributed by atoms with Crippen LogP contribution >= 0.6 is 0 Å². The molecule has 0 spiro atoms. The van der Waals surface area contributed by atoms with Gasteiger partial charge in [-0.25, -0.2) is 4.79 Å². The van der Waals surface area contributed by atoms with Gasteiger partial charge in [-0.2, -0.15) is 0 Å². The van der Waals surface area contributed by atoms with Crippen molar-refractivity contribution in [1.82, 2.24) is 0 Å². The van der Waals surface area contributed by atoms with E-state index in [0.29, 0.717) is 6.42 Å². The second-order valence-corrected chi connectivity index (χ2v) is 6.81. The number of amides is 1. The van der Waals surface area contributed by atoms with Crippen LogP contribution < -0.4 is 5.73 Å². The largest absolute Gasteiger partial charge is 0.479 e. The Morgan fingerprint density at radius 1 is 0.846 bits per heavy atom. The molecule has 1 atom stereocenters. The summed E-state index contributed by atoms with van der Waals surface area (Å²) in [6, 6.07) is 0. The number of aliphatic carboxylic acids is 1. The molecule has 0 aromatic rings. The van der Waals surface area contributed by atoms with Crippen LogP contribution in [0.5, 0.6) is 0 Å². The molecular weight excluding hydrogens is 330 g/mol. The van der Waals surface area contributed by atoms with Gasteiger partial charge in [0.25, 0.3) is 0 Å². The van der Waals surface area contributed by atoms with E-state index in [2.05, 4.69) is 19.1 Å². The number of carbonyl (C=O) groups excluding carboxylic acids is 1. The van der Waals surface area contributed by atoms with Crippen molar-refractivity contribution in [3.05, 3.63) is 12.2 Å². The van der Waals surface area contributed by atoms with Gasteiger partial charge in [-0.1, -0.05) is 70.4 Å². The summed E-state index contributed by atoms with van der Waals surface area (Å²) in [6.45, 7) is 3.46. The molecule has 0 aliphatic rings. The summed E-state index contributed by atoms with van der Waals surface area (Å²) >= 11 is 0. The Balaban J connectivity index is 0. The zero-order valence-corrected chi connectivity index (χ0v) is 16.9. The molecule has 0 aliphatic heterocycles. The maximum atomic E-state index is 10.5. The van der Waals surface area contributed by atoms with E-state index in [0.717, 1.165) is 12.8 Å². The maximum Gasteiger partial charge on any atom is 0.332 e. The van der Waals surface area contributed by atoms with Gasteiger partial charge in [-0.3, -0.25) is 4.79 Å². The number of hydrogen-bond donors (Lipinski definition) is 3. The molecule has 0 aromatic heterocycles. The van der Waals surface area contributed by atoms with Gasteiger partial charge in [0.05, 0.1) is 0 Å². The lowest BCUT2D eigenvalue weighted by molar-refractivity contribution is -0.145. The van der Waals surface area contributed by atoms with Crippen molar-refractivity contribution >= 4 is 11.9 Å². The highest BCUT2D eigenvalue weighted by atomic mass is 16.4. The quantitative estimate of drug-likeness (QED) is 0.263. The fourth-order valence-electron chi connectivity index (χ4n) is 2.37. The average molecular weight is 372 g/mol. The SMILES string of the molecule is CC(O)C(=O)O.CCCCCCCCC=CCCCCCCCC(N)=O. The molecule has 1 unspecified atom stereocenters. The molecule has 154 valence electrons. The Hall–Kier alpha value is -1.36. The van der Waals surface area contributed by atoms with Crippen LogP contribution in [0.3, 0.4) is 0 Å². The summed E-state index contributed by atoms with van der Waals surface area (Å²) in [5, 5.41) is 15.8. The predicted octanol–water partition coefficient (Wildman–Crippen LogP) is 4.96. The van der Waals surface area contributed by atoms with E-state index < -0.39 is 12.1 Å². The van der Waals surface area contributed by atoms with Gasteiger partial charge < -0.3 is 15.9 Å². The lowest BCUT2D eigenvalue weighted by Gasteiger charge is -1.99. The van der Waals surface area contributed by atoms with E-state index in [4.69, 9.17) is 15.9 Å². The summed E-state index contributed by atoms with van der Waals surface area (Å²) in [5.74, 6) is -1.35. The second-order valence-electron chi connectivity index (χ2n) is 6.81. The number of carboxylic acids is 1. The van der Waals surface area contributed by atoms with Gasteiger partial charge in [-0.05, 0) is 39.0 Å². The van der Waals surface area contributed by atoms with Crippen molar-refractivity contribution in [3.8, 4) is 0 Å². The third-order valence-electron chi connectivity index (χ3n) is 4.04. The first-order valence-electron chi connectivity index (χ1n) is 10.3. The Labute approximate surface area is 160 Å². The highest BCUT2D eigenvalue weighted by Gasteiger charge is 2.01. The minimum Gasteiger partial charge on any atom is -0.479 e. The maximum absolute atomic E-state index is 10.5. The molecule has 5 heteroatoms. The Morgan fingerprint density at radius 2 is 1.23 bits per heavy atom. The third-order valence-corrected chi connectivity index (χ3v) is 4.04. The standard InChI is InChI=1S/C18H35NO.C3H6O3/c1-2-3-4-5-6-7-8-9-10-11-12-13-14-15-16-17-18(19)20;1-2(4)3(5)6/h9-10H,2-8,11-17H2,1H3,(H2,19,20);2,4H,1H3,(H,5,6). The number of nitrogens with two attached hydrogens (primary N) is 1. The topological polar surface area (TPSA) is 101 Å². The lowest BCUT2D eigenvalue weighted by atomic mass is 10.1. The van der Waals surface area contributed by atoms with Gasteiger partial charge in [-0.15, -0.1) is 0 Å². The first-order valence-corrected chi connectivity index (χ1v) is 10.3. The number of rotatable bonds is 16. The number of aliphatic hydroxyl groups is 1. The number of carbonyl (C=O) groups is 2. The highest BCUT2D eigenvalue weighted by Crippen LogP contribution is 2.09. The minimum absolute atomic E-state index is 0.164. The molecule has 26 heavy (non-hydrogen) atoms. The average Bonchev–Trinajstić information content (AvgIpc) is 2.58. The predicted molar refractivity (Wildman–Crippen MR) is 108 cm³/mol. The van der Waals surface area contributed by atoms with E-state index in [1.807, 2.05) is 0 Å². The third kappa shape index (κ3) is 27.5. The van der Waals surface area contributed by atoms with Crippen molar-refractivity contribution in [2.45, 2.75) is 110 Å². The first kappa shape index (κ1) is 26.9. The molecule has 5 nitrogen and oxygen atoms in total.